The van der Waals surface area contributed by atoms with Gasteiger partial charge in [-0.25, -0.2) is 0 Å². The second-order valence-electron chi connectivity index (χ2n) is 6.99. The van der Waals surface area contributed by atoms with Crippen molar-refractivity contribution in [2.75, 3.05) is 25.6 Å². The smallest absolute Gasteiger partial charge is 0.322 e. The molecule has 1 heterocycles. The largest absolute Gasteiger partial charge is 0.497 e. The van der Waals surface area contributed by atoms with Crippen molar-refractivity contribution in [1.82, 2.24) is 4.90 Å². The van der Waals surface area contributed by atoms with Crippen molar-refractivity contribution in [3.63, 3.8) is 0 Å². The third-order valence-electron chi connectivity index (χ3n) is 5.11. The first kappa shape index (κ1) is 21.6. The molecule has 1 aliphatic heterocycles. The number of nitrogens with one attached hydrogen (secondary N) is 1. The third-order valence-corrected chi connectivity index (χ3v) is 5.34. The predicted molar refractivity (Wildman–Crippen MR) is 110 cm³/mol. The number of halogens is 1. The minimum absolute atomic E-state index is 0.0435. The van der Waals surface area contributed by atoms with Crippen molar-refractivity contribution in [2.45, 2.75) is 18.4 Å². The molecule has 3 rings (SSSR count). The van der Waals surface area contributed by atoms with Crippen molar-refractivity contribution in [2.24, 2.45) is 0 Å². The van der Waals surface area contributed by atoms with E-state index in [1.807, 2.05) is 0 Å². The second-order valence-corrected chi connectivity index (χ2v) is 7.42. The lowest BCUT2D eigenvalue weighted by Gasteiger charge is -2.28. The van der Waals surface area contributed by atoms with Gasteiger partial charge in [-0.3, -0.25) is 19.3 Å². The summed E-state index contributed by atoms with van der Waals surface area (Å²) in [6.07, 6.45) is -0.249. The fourth-order valence-corrected chi connectivity index (χ4v) is 3.70. The van der Waals surface area contributed by atoms with E-state index in [2.05, 4.69) is 5.32 Å². The number of carbonyl (C=O) groups excluding carboxylic acids is 2. The molecule has 158 valence electrons. The number of rotatable bonds is 8. The number of carboxylic acids is 1. The molecule has 30 heavy (non-hydrogen) atoms. The van der Waals surface area contributed by atoms with Crippen LogP contribution in [-0.4, -0.2) is 53.2 Å². The molecule has 0 radical (unpaired) electrons. The van der Waals surface area contributed by atoms with Gasteiger partial charge in [-0.1, -0.05) is 23.7 Å². The first-order valence-corrected chi connectivity index (χ1v) is 9.53. The van der Waals surface area contributed by atoms with E-state index in [1.165, 1.54) is 18.2 Å². The molecule has 8 nitrogen and oxygen atoms in total. The molecular weight excluding hydrogens is 412 g/mol. The number of imide groups is 1. The van der Waals surface area contributed by atoms with Gasteiger partial charge in [-0.15, -0.1) is 0 Å². The van der Waals surface area contributed by atoms with Crippen molar-refractivity contribution in [3.05, 3.63) is 58.6 Å². The molecule has 1 fully saturated rings. The summed E-state index contributed by atoms with van der Waals surface area (Å²) in [6, 6.07) is 11.5. The summed E-state index contributed by atoms with van der Waals surface area (Å²) in [4.78, 5) is 38.1. The van der Waals surface area contributed by atoms with E-state index in [4.69, 9.17) is 21.4 Å². The van der Waals surface area contributed by atoms with E-state index < -0.39 is 36.4 Å². The van der Waals surface area contributed by atoms with Crippen molar-refractivity contribution < 1.29 is 29.3 Å². The van der Waals surface area contributed by atoms with E-state index >= 15 is 0 Å². The summed E-state index contributed by atoms with van der Waals surface area (Å²) < 4.78 is 5.11. The number of benzene rings is 2. The van der Waals surface area contributed by atoms with Crippen LogP contribution < -0.4 is 10.1 Å². The maximum absolute atomic E-state index is 13.3. The number of aliphatic hydroxyl groups excluding tert-OH is 1. The molecule has 1 atom stereocenters. The average molecular weight is 433 g/mol. The minimum atomic E-state index is -1.55. The number of carbonyl (C=O) groups is 3. The zero-order valence-electron chi connectivity index (χ0n) is 16.2. The van der Waals surface area contributed by atoms with Gasteiger partial charge in [0.1, 0.15) is 17.7 Å². The van der Waals surface area contributed by atoms with Crippen LogP contribution in [0.25, 0.3) is 0 Å². The Balaban J connectivity index is 1.95. The number of nitrogens with zero attached hydrogens (tertiary/aromatic N) is 1. The van der Waals surface area contributed by atoms with Crippen LogP contribution in [0.2, 0.25) is 5.02 Å². The highest BCUT2D eigenvalue weighted by Gasteiger charge is 2.53. The quantitative estimate of drug-likeness (QED) is 0.546. The first-order chi connectivity index (χ1) is 14.3. The minimum Gasteiger partial charge on any atom is -0.497 e. The lowest BCUT2D eigenvalue weighted by Crippen LogP contribution is -2.41. The summed E-state index contributed by atoms with van der Waals surface area (Å²) in [5.41, 5.74) is -0.214. The lowest BCUT2D eigenvalue weighted by atomic mass is 9.78. The van der Waals surface area contributed by atoms with Gasteiger partial charge < -0.3 is 20.3 Å². The average Bonchev–Trinajstić information content (AvgIpc) is 2.98. The molecule has 1 aliphatic rings. The van der Waals surface area contributed by atoms with Crippen LogP contribution in [0.15, 0.2) is 42.5 Å². The van der Waals surface area contributed by atoms with Crippen LogP contribution in [0.1, 0.15) is 17.5 Å². The third kappa shape index (κ3) is 4.10. The van der Waals surface area contributed by atoms with Gasteiger partial charge in [-0.05, 0) is 41.5 Å². The summed E-state index contributed by atoms with van der Waals surface area (Å²) in [5, 5.41) is 22.2. The van der Waals surface area contributed by atoms with Crippen molar-refractivity contribution >= 4 is 35.1 Å². The van der Waals surface area contributed by atoms with E-state index in [0.29, 0.717) is 16.5 Å². The molecule has 0 saturated carbocycles. The van der Waals surface area contributed by atoms with Gasteiger partial charge in [0.25, 0.3) is 0 Å². The second kappa shape index (κ2) is 8.73. The fourth-order valence-electron chi connectivity index (χ4n) is 3.53. The van der Waals surface area contributed by atoms with Gasteiger partial charge in [0.05, 0.1) is 20.3 Å². The number of amides is 2. The molecule has 0 aromatic heterocycles. The lowest BCUT2D eigenvalue weighted by molar-refractivity contribution is -0.141. The first-order valence-electron chi connectivity index (χ1n) is 9.15. The molecule has 9 heteroatoms. The van der Waals surface area contributed by atoms with Crippen LogP contribution >= 0.6 is 11.6 Å². The van der Waals surface area contributed by atoms with Crippen LogP contribution in [0.3, 0.4) is 0 Å². The molecule has 0 spiro atoms. The molecule has 2 aromatic carbocycles. The number of hydrogen-bond donors (Lipinski definition) is 3. The highest BCUT2D eigenvalue weighted by atomic mass is 35.5. The van der Waals surface area contributed by atoms with Gasteiger partial charge in [0, 0.05) is 17.1 Å². The zero-order valence-corrected chi connectivity index (χ0v) is 17.0. The predicted octanol–water partition coefficient (Wildman–Crippen LogP) is 2.03. The van der Waals surface area contributed by atoms with E-state index in [-0.39, 0.29) is 18.5 Å². The molecule has 1 saturated heterocycles. The Morgan fingerprint density at radius 3 is 2.53 bits per heavy atom. The standard InChI is InChI=1S/C21H21ClN2O6/c1-30-15-5-2-13(3-6-15)11-24-18(26)9-21(12-25,20(24)29)16-8-14(22)4-7-17(16)23-10-19(27)28/h2-8,23,25H,9-12H2,1H3,(H,27,28). The Morgan fingerprint density at radius 1 is 1.23 bits per heavy atom. The van der Waals surface area contributed by atoms with Gasteiger partial charge in [0.2, 0.25) is 11.8 Å². The summed E-state index contributed by atoms with van der Waals surface area (Å²) in [5.74, 6) is -1.44. The van der Waals surface area contributed by atoms with Crippen LogP contribution in [0.5, 0.6) is 5.75 Å². The Labute approximate surface area is 178 Å². The molecule has 0 bridgehead atoms. The SMILES string of the molecule is COc1ccc(CN2C(=O)CC(CO)(c3cc(Cl)ccc3NCC(=O)O)C2=O)cc1. The Morgan fingerprint density at radius 2 is 1.93 bits per heavy atom. The van der Waals surface area contributed by atoms with Crippen molar-refractivity contribution in [1.29, 1.82) is 0 Å². The van der Waals surface area contributed by atoms with Gasteiger partial charge in [-0.2, -0.15) is 0 Å². The summed E-state index contributed by atoms with van der Waals surface area (Å²) >= 11 is 6.11. The topological polar surface area (TPSA) is 116 Å². The van der Waals surface area contributed by atoms with E-state index in [0.717, 1.165) is 10.5 Å². The molecule has 0 aliphatic carbocycles. The number of methoxy groups -OCH3 is 1. The maximum Gasteiger partial charge on any atom is 0.322 e. The number of aliphatic carboxylic acids is 1. The number of aliphatic hydroxyl groups is 1. The van der Waals surface area contributed by atoms with Crippen LogP contribution in [-0.2, 0) is 26.3 Å². The molecule has 1 unspecified atom stereocenters. The van der Waals surface area contributed by atoms with Crippen LogP contribution in [0, 0.1) is 0 Å². The number of ether oxygens (including phenoxy) is 1. The zero-order chi connectivity index (χ0) is 21.9. The Hall–Kier alpha value is -3.10. The Kier molecular flexibility index (Phi) is 6.28. The molecule has 3 N–H and O–H groups in total. The summed E-state index contributed by atoms with van der Waals surface area (Å²) in [6.45, 7) is -0.978. The highest BCUT2D eigenvalue weighted by molar-refractivity contribution is 6.30. The van der Waals surface area contributed by atoms with E-state index in [9.17, 15) is 19.5 Å². The number of carboxylic acid groups (broad SMARTS) is 1. The van der Waals surface area contributed by atoms with Crippen molar-refractivity contribution in [3.8, 4) is 5.75 Å². The normalized spacial score (nSPS) is 18.6. The van der Waals surface area contributed by atoms with Gasteiger partial charge >= 0.3 is 5.97 Å². The van der Waals surface area contributed by atoms with Gasteiger partial charge in [0.15, 0.2) is 0 Å². The highest BCUT2D eigenvalue weighted by Crippen LogP contribution is 2.41. The monoisotopic (exact) mass is 432 g/mol. The Bertz CT molecular complexity index is 978. The fraction of sp³-hybridized carbons (Fsp3) is 0.286. The number of likely N-dealkylation sites (tertiary alicyclic amines) is 1. The van der Waals surface area contributed by atoms with E-state index in [1.54, 1.807) is 31.4 Å². The number of anilines is 1. The maximum atomic E-state index is 13.3. The molecule has 2 aromatic rings. The summed E-state index contributed by atoms with van der Waals surface area (Å²) in [7, 11) is 1.54. The number of hydrogen-bond acceptors (Lipinski definition) is 6. The molecule has 2 amide bonds. The molecular formula is C21H21ClN2O6. The van der Waals surface area contributed by atoms with Crippen LogP contribution in [0.4, 0.5) is 5.69 Å².